The Hall–Kier alpha value is 0.690. The van der Waals surface area contributed by atoms with E-state index in [9.17, 15) is 5.11 Å². The van der Waals surface area contributed by atoms with Crippen LogP contribution in [-0.4, -0.2) is 11.0 Å². The number of hydrogen-bond donors (Lipinski definition) is 0. The average Bonchev–Trinajstić information content (AvgIpc) is 1.41. The van der Waals surface area contributed by atoms with Gasteiger partial charge in [-0.25, -0.2) is 5.11 Å². The molecule has 0 aromatic heterocycles. The summed E-state index contributed by atoms with van der Waals surface area (Å²) in [6.07, 6.45) is 1.68. The van der Waals surface area contributed by atoms with E-state index in [1.165, 1.54) is 0 Å². The summed E-state index contributed by atoms with van der Waals surface area (Å²) in [6, 6.07) is 0. The first-order valence-electron chi connectivity index (χ1n) is 1.37. The van der Waals surface area contributed by atoms with E-state index in [4.69, 9.17) is 0 Å². The third-order valence-corrected chi connectivity index (χ3v) is 0.850. The van der Waals surface area contributed by atoms with Crippen molar-refractivity contribution in [3.8, 4) is 0 Å². The largest absolute Gasteiger partial charge is 0.236 e. The lowest BCUT2D eigenvalue weighted by Gasteiger charge is -1.74. The van der Waals surface area contributed by atoms with Gasteiger partial charge in [-0.2, -0.15) is 0 Å². The Morgan fingerprint density at radius 2 is 2.40 bits per heavy atom. The highest BCUT2D eigenvalue weighted by Gasteiger charge is 1.73. The van der Waals surface area contributed by atoms with Gasteiger partial charge in [-0.05, 0) is 0 Å². The number of hydrogen-bond acceptors (Lipinski definition) is 0. The molecular formula is C3H5IO. The summed E-state index contributed by atoms with van der Waals surface area (Å²) in [5.74, 6) is 0. The highest BCUT2D eigenvalue weighted by molar-refractivity contribution is 14.1. The first-order valence-corrected chi connectivity index (χ1v) is 2.90. The number of halogens is 1. The number of alkyl halides is 1. The van der Waals surface area contributed by atoms with Crippen LogP contribution in [0.5, 0.6) is 0 Å². The molecule has 0 aromatic rings. The highest BCUT2D eigenvalue weighted by atomic mass is 127. The van der Waals surface area contributed by atoms with E-state index in [1.807, 2.05) is 0 Å². The van der Waals surface area contributed by atoms with E-state index in [0.29, 0.717) is 0 Å². The van der Waals surface area contributed by atoms with Crippen molar-refractivity contribution < 1.29 is 5.11 Å². The second-order valence-electron chi connectivity index (χ2n) is 0.610. The zero-order valence-electron chi connectivity index (χ0n) is 2.78. The summed E-state index contributed by atoms with van der Waals surface area (Å²) in [4.78, 5) is 0. The Bertz CT molecular complexity index is 14.4. The summed E-state index contributed by atoms with van der Waals surface area (Å²) in [5.41, 5.74) is 0. The molecule has 0 bridgehead atoms. The molecule has 0 heterocycles. The fourth-order valence-corrected chi connectivity index (χ4v) is 0.299. The maximum atomic E-state index is 9.47. The quantitative estimate of drug-likeness (QED) is 0.451. The Morgan fingerprint density at radius 1 is 1.80 bits per heavy atom. The van der Waals surface area contributed by atoms with Crippen molar-refractivity contribution in [2.75, 3.05) is 11.0 Å². The van der Waals surface area contributed by atoms with Crippen molar-refractivity contribution in [3.05, 3.63) is 6.42 Å². The smallest absolute Gasteiger partial charge is 0.0861 e. The summed E-state index contributed by atoms with van der Waals surface area (Å²) in [6.45, 7) is -0.0388. The van der Waals surface area contributed by atoms with Crippen LogP contribution in [0.2, 0.25) is 0 Å². The predicted molar refractivity (Wildman–Crippen MR) is 28.7 cm³/mol. The van der Waals surface area contributed by atoms with Gasteiger partial charge in [0.2, 0.25) is 0 Å². The minimum atomic E-state index is -0.0388. The van der Waals surface area contributed by atoms with Crippen LogP contribution in [0.1, 0.15) is 0 Å². The minimum Gasteiger partial charge on any atom is -0.236 e. The van der Waals surface area contributed by atoms with Gasteiger partial charge in [0.15, 0.2) is 0 Å². The second kappa shape index (κ2) is 4.69. The lowest BCUT2D eigenvalue weighted by Crippen LogP contribution is -1.78. The van der Waals surface area contributed by atoms with Crippen LogP contribution in [0.3, 0.4) is 0 Å². The van der Waals surface area contributed by atoms with E-state index in [0.717, 1.165) is 4.43 Å². The van der Waals surface area contributed by atoms with Gasteiger partial charge in [0.05, 0.1) is 6.61 Å². The van der Waals surface area contributed by atoms with Gasteiger partial charge in [-0.3, -0.25) is 0 Å². The van der Waals surface area contributed by atoms with E-state index in [1.54, 1.807) is 6.42 Å². The molecule has 5 heavy (non-hydrogen) atoms. The van der Waals surface area contributed by atoms with Crippen molar-refractivity contribution in [2.24, 2.45) is 0 Å². The molecule has 0 fully saturated rings. The van der Waals surface area contributed by atoms with Crippen molar-refractivity contribution in [1.29, 1.82) is 0 Å². The maximum absolute atomic E-state index is 9.47. The van der Waals surface area contributed by atoms with E-state index < -0.39 is 0 Å². The molecule has 0 rings (SSSR count). The fraction of sp³-hybridized carbons (Fsp3) is 0.667. The Labute approximate surface area is 45.5 Å². The molecule has 0 amide bonds. The van der Waals surface area contributed by atoms with Crippen LogP contribution in [-0.2, 0) is 5.11 Å². The lowest BCUT2D eigenvalue weighted by molar-refractivity contribution is 0.221. The van der Waals surface area contributed by atoms with Gasteiger partial charge in [0.1, 0.15) is 0 Å². The Kier molecular flexibility index (Phi) is 5.34. The molecule has 0 atom stereocenters. The molecule has 0 aliphatic carbocycles. The first kappa shape index (κ1) is 5.69. The molecule has 0 aromatic carbocycles. The van der Waals surface area contributed by atoms with Crippen LogP contribution in [0.15, 0.2) is 0 Å². The molecular weight excluding hydrogens is 179 g/mol. The topological polar surface area (TPSA) is 19.9 Å². The Balaban J connectivity index is 2.19. The second-order valence-corrected chi connectivity index (χ2v) is 1.49. The average molecular weight is 184 g/mol. The van der Waals surface area contributed by atoms with Crippen molar-refractivity contribution in [3.63, 3.8) is 0 Å². The van der Waals surface area contributed by atoms with Crippen LogP contribution in [0.4, 0.5) is 0 Å². The standard InChI is InChI=1S/C3H5IO/c4-2-1-3-5/h1H,2-3H2. The van der Waals surface area contributed by atoms with Gasteiger partial charge in [-0.1, -0.05) is 22.6 Å². The molecule has 0 spiro atoms. The SMILES string of the molecule is [O]C[CH]CI. The van der Waals surface area contributed by atoms with Gasteiger partial charge in [-0.15, -0.1) is 0 Å². The van der Waals surface area contributed by atoms with Crippen molar-refractivity contribution in [2.45, 2.75) is 0 Å². The van der Waals surface area contributed by atoms with E-state index in [2.05, 4.69) is 22.6 Å². The van der Waals surface area contributed by atoms with Crippen molar-refractivity contribution in [1.82, 2.24) is 0 Å². The zero-order valence-corrected chi connectivity index (χ0v) is 4.94. The maximum Gasteiger partial charge on any atom is 0.0861 e. The van der Waals surface area contributed by atoms with E-state index >= 15 is 0 Å². The molecule has 0 saturated heterocycles. The first-order chi connectivity index (χ1) is 2.41. The van der Waals surface area contributed by atoms with Gasteiger partial charge < -0.3 is 0 Å². The van der Waals surface area contributed by atoms with Crippen LogP contribution in [0, 0.1) is 6.42 Å². The summed E-state index contributed by atoms with van der Waals surface area (Å²) >= 11 is 2.13. The Morgan fingerprint density at radius 3 is 2.40 bits per heavy atom. The fourth-order valence-electron chi connectivity index (χ4n) is 0.0445. The molecule has 0 saturated carbocycles. The lowest BCUT2D eigenvalue weighted by atomic mass is 10.5. The third kappa shape index (κ3) is 4.69. The minimum absolute atomic E-state index is 0.0388. The molecule has 0 N–H and O–H groups in total. The molecule has 0 unspecified atom stereocenters. The van der Waals surface area contributed by atoms with Gasteiger partial charge in [0.25, 0.3) is 0 Å². The summed E-state index contributed by atoms with van der Waals surface area (Å²) in [7, 11) is 0. The van der Waals surface area contributed by atoms with Gasteiger partial charge in [0, 0.05) is 10.8 Å². The highest BCUT2D eigenvalue weighted by Crippen LogP contribution is 1.82. The van der Waals surface area contributed by atoms with Crippen LogP contribution in [0.25, 0.3) is 0 Å². The van der Waals surface area contributed by atoms with Crippen LogP contribution >= 0.6 is 22.6 Å². The number of rotatable bonds is 2. The van der Waals surface area contributed by atoms with Gasteiger partial charge >= 0.3 is 0 Å². The van der Waals surface area contributed by atoms with E-state index in [-0.39, 0.29) is 6.61 Å². The molecule has 0 aliphatic rings. The molecule has 0 aliphatic heterocycles. The predicted octanol–water partition coefficient (Wildman–Crippen LogP) is 1.06. The normalized spacial score (nSPS) is 8.40. The molecule has 2 heteroatoms. The monoisotopic (exact) mass is 184 g/mol. The van der Waals surface area contributed by atoms with Crippen LogP contribution < -0.4 is 0 Å². The van der Waals surface area contributed by atoms with Crippen molar-refractivity contribution >= 4 is 22.6 Å². The third-order valence-electron chi connectivity index (χ3n) is 0.227. The molecule has 2 radical (unpaired) electrons. The zero-order chi connectivity index (χ0) is 4.12. The summed E-state index contributed by atoms with van der Waals surface area (Å²) in [5, 5.41) is 9.47. The molecule has 1 nitrogen and oxygen atoms in total. The molecule has 30 valence electrons. The summed E-state index contributed by atoms with van der Waals surface area (Å²) < 4.78 is 0.876.